The summed E-state index contributed by atoms with van der Waals surface area (Å²) in [5.74, 6) is -0.561. The normalized spacial score (nSPS) is 31.2. The average molecular weight is 184 g/mol. The van der Waals surface area contributed by atoms with Gasteiger partial charge in [0.25, 0.3) is 0 Å². The summed E-state index contributed by atoms with van der Waals surface area (Å²) in [7, 11) is 0. The summed E-state index contributed by atoms with van der Waals surface area (Å²) in [4.78, 5) is 24.5. The van der Waals surface area contributed by atoms with Crippen molar-refractivity contribution in [2.75, 3.05) is 6.54 Å². The van der Waals surface area contributed by atoms with Crippen LogP contribution in [0, 0.1) is 11.8 Å². The molecule has 2 amide bonds. The lowest BCUT2D eigenvalue weighted by Gasteiger charge is -2.21. The number of likely N-dealkylation sites (tertiary alicyclic amines) is 1. The minimum Gasteiger partial charge on any atom is -0.328 e. The van der Waals surface area contributed by atoms with Crippen molar-refractivity contribution < 1.29 is 9.59 Å². The first-order chi connectivity index (χ1) is 6.00. The van der Waals surface area contributed by atoms with Gasteiger partial charge in [-0.25, -0.2) is 0 Å². The molecule has 1 rings (SSSR count). The molecule has 4 nitrogen and oxygen atoms in total. The monoisotopic (exact) mass is 184 g/mol. The summed E-state index contributed by atoms with van der Waals surface area (Å²) in [6, 6.07) is -0.174. The lowest BCUT2D eigenvalue weighted by Crippen LogP contribution is -2.42. The van der Waals surface area contributed by atoms with Crippen LogP contribution in [-0.2, 0) is 9.59 Å². The zero-order valence-corrected chi connectivity index (χ0v) is 8.28. The van der Waals surface area contributed by atoms with Gasteiger partial charge in [-0.2, -0.15) is 0 Å². The maximum atomic E-state index is 11.6. The van der Waals surface area contributed by atoms with Gasteiger partial charge >= 0.3 is 0 Å². The Labute approximate surface area is 78.1 Å². The van der Waals surface area contributed by atoms with Crippen molar-refractivity contribution in [3.63, 3.8) is 0 Å². The maximum Gasteiger partial charge on any atom is 0.233 e. The third-order valence-corrected chi connectivity index (χ3v) is 2.79. The molecule has 1 fully saturated rings. The van der Waals surface area contributed by atoms with Crippen molar-refractivity contribution in [1.29, 1.82) is 0 Å². The molecule has 0 radical (unpaired) electrons. The molecule has 4 heteroatoms. The van der Waals surface area contributed by atoms with Crippen molar-refractivity contribution in [1.82, 2.24) is 4.90 Å². The highest BCUT2D eigenvalue weighted by atomic mass is 16.2. The summed E-state index contributed by atoms with van der Waals surface area (Å²) in [6.07, 6.45) is 0. The third-order valence-electron chi connectivity index (χ3n) is 2.79. The molecule has 0 aromatic rings. The molecule has 1 aliphatic heterocycles. The molecular formula is C9H16N2O2. The first kappa shape index (κ1) is 10.2. The standard InChI is InChI=1S/C9H16N2O2/c1-5(4-10)11-8(12)6(2)7(3)9(11)13/h5-7H,4,10H2,1-3H3. The fraction of sp³-hybridized carbons (Fsp3) is 0.778. The zero-order valence-electron chi connectivity index (χ0n) is 8.28. The predicted octanol–water partition coefficient (Wildman–Crippen LogP) is -0.0254. The van der Waals surface area contributed by atoms with Crippen molar-refractivity contribution in [3.8, 4) is 0 Å². The number of nitrogens with two attached hydrogens (primary N) is 1. The van der Waals surface area contributed by atoms with Gasteiger partial charge in [-0.05, 0) is 6.92 Å². The van der Waals surface area contributed by atoms with Gasteiger partial charge in [-0.3, -0.25) is 14.5 Å². The van der Waals surface area contributed by atoms with E-state index in [-0.39, 0.29) is 29.7 Å². The molecule has 1 heterocycles. The van der Waals surface area contributed by atoms with Crippen molar-refractivity contribution >= 4 is 11.8 Å². The van der Waals surface area contributed by atoms with E-state index < -0.39 is 0 Å². The van der Waals surface area contributed by atoms with Crippen LogP contribution in [-0.4, -0.2) is 29.3 Å². The Morgan fingerprint density at radius 2 is 1.69 bits per heavy atom. The van der Waals surface area contributed by atoms with Gasteiger partial charge in [0, 0.05) is 24.4 Å². The van der Waals surface area contributed by atoms with Crippen LogP contribution < -0.4 is 5.73 Å². The Morgan fingerprint density at radius 3 is 2.00 bits per heavy atom. The number of hydrogen-bond acceptors (Lipinski definition) is 3. The summed E-state index contributed by atoms with van der Waals surface area (Å²) in [5, 5.41) is 0. The highest BCUT2D eigenvalue weighted by Gasteiger charge is 2.43. The molecule has 0 aliphatic carbocycles. The molecule has 13 heavy (non-hydrogen) atoms. The molecule has 74 valence electrons. The quantitative estimate of drug-likeness (QED) is 0.613. The van der Waals surface area contributed by atoms with Crippen LogP contribution in [0.1, 0.15) is 20.8 Å². The van der Waals surface area contributed by atoms with E-state index in [1.807, 2.05) is 0 Å². The van der Waals surface area contributed by atoms with E-state index in [2.05, 4.69) is 0 Å². The van der Waals surface area contributed by atoms with Crippen LogP contribution in [0.25, 0.3) is 0 Å². The molecule has 3 atom stereocenters. The average Bonchev–Trinajstić information content (AvgIpc) is 2.30. The summed E-state index contributed by atoms with van der Waals surface area (Å²) in [5.41, 5.74) is 5.42. The van der Waals surface area contributed by atoms with E-state index in [0.717, 1.165) is 0 Å². The molecule has 0 aromatic heterocycles. The fourth-order valence-electron chi connectivity index (χ4n) is 1.51. The van der Waals surface area contributed by atoms with E-state index in [1.54, 1.807) is 20.8 Å². The van der Waals surface area contributed by atoms with Gasteiger partial charge in [-0.15, -0.1) is 0 Å². The highest BCUT2D eigenvalue weighted by Crippen LogP contribution is 2.26. The van der Waals surface area contributed by atoms with Crippen LogP contribution in [0.4, 0.5) is 0 Å². The third kappa shape index (κ3) is 1.46. The molecule has 2 N–H and O–H groups in total. The first-order valence-corrected chi connectivity index (χ1v) is 4.57. The summed E-state index contributed by atoms with van der Waals surface area (Å²) < 4.78 is 0. The predicted molar refractivity (Wildman–Crippen MR) is 48.7 cm³/mol. The molecular weight excluding hydrogens is 168 g/mol. The number of hydrogen-bond donors (Lipinski definition) is 1. The van der Waals surface area contributed by atoms with Crippen LogP contribution in [0.5, 0.6) is 0 Å². The number of carbonyl (C=O) groups excluding carboxylic acids is 2. The van der Waals surface area contributed by atoms with E-state index in [1.165, 1.54) is 4.90 Å². The van der Waals surface area contributed by atoms with Gasteiger partial charge in [0.1, 0.15) is 0 Å². The molecule has 1 aliphatic rings. The molecule has 1 saturated heterocycles. The Balaban J connectivity index is 2.87. The second-order valence-electron chi connectivity index (χ2n) is 3.71. The molecule has 0 aromatic carbocycles. The minimum atomic E-state index is -0.193. The van der Waals surface area contributed by atoms with Crippen molar-refractivity contribution in [2.24, 2.45) is 17.6 Å². The Morgan fingerprint density at radius 1 is 1.31 bits per heavy atom. The van der Waals surface area contributed by atoms with E-state index in [0.29, 0.717) is 6.54 Å². The number of carbonyl (C=O) groups is 2. The Hall–Kier alpha value is -0.900. The second-order valence-corrected chi connectivity index (χ2v) is 3.71. The maximum absolute atomic E-state index is 11.6. The first-order valence-electron chi connectivity index (χ1n) is 4.57. The van der Waals surface area contributed by atoms with Gasteiger partial charge in [-0.1, -0.05) is 13.8 Å². The smallest absolute Gasteiger partial charge is 0.233 e. The Kier molecular flexibility index (Phi) is 2.71. The van der Waals surface area contributed by atoms with Crippen molar-refractivity contribution in [2.45, 2.75) is 26.8 Å². The van der Waals surface area contributed by atoms with Crippen molar-refractivity contribution in [3.05, 3.63) is 0 Å². The highest BCUT2D eigenvalue weighted by molar-refractivity contribution is 6.05. The summed E-state index contributed by atoms with van der Waals surface area (Å²) in [6.45, 7) is 5.69. The number of amides is 2. The van der Waals surface area contributed by atoms with Crippen LogP contribution in [0.15, 0.2) is 0 Å². The number of imide groups is 1. The summed E-state index contributed by atoms with van der Waals surface area (Å²) >= 11 is 0. The van der Waals surface area contributed by atoms with Gasteiger partial charge < -0.3 is 5.73 Å². The molecule has 0 saturated carbocycles. The Bertz CT molecular complexity index is 220. The SMILES string of the molecule is CC1C(=O)N(C(C)CN)C(=O)C1C. The number of nitrogens with zero attached hydrogens (tertiary/aromatic N) is 1. The second kappa shape index (κ2) is 3.46. The topological polar surface area (TPSA) is 63.4 Å². The van der Waals surface area contributed by atoms with E-state index >= 15 is 0 Å². The van der Waals surface area contributed by atoms with Gasteiger partial charge in [0.05, 0.1) is 0 Å². The zero-order chi connectivity index (χ0) is 10.2. The van der Waals surface area contributed by atoms with E-state index in [4.69, 9.17) is 5.73 Å². The number of rotatable bonds is 2. The molecule has 0 bridgehead atoms. The van der Waals surface area contributed by atoms with Crippen LogP contribution in [0.3, 0.4) is 0 Å². The van der Waals surface area contributed by atoms with Crippen LogP contribution in [0.2, 0.25) is 0 Å². The molecule has 0 spiro atoms. The largest absolute Gasteiger partial charge is 0.328 e. The van der Waals surface area contributed by atoms with Crippen LogP contribution >= 0.6 is 0 Å². The minimum absolute atomic E-state index is 0.0875. The van der Waals surface area contributed by atoms with Gasteiger partial charge in [0.15, 0.2) is 0 Å². The van der Waals surface area contributed by atoms with Gasteiger partial charge in [0.2, 0.25) is 11.8 Å². The molecule has 3 unspecified atom stereocenters. The van der Waals surface area contributed by atoms with E-state index in [9.17, 15) is 9.59 Å². The lowest BCUT2D eigenvalue weighted by atomic mass is 10.00. The fourth-order valence-corrected chi connectivity index (χ4v) is 1.51. The lowest BCUT2D eigenvalue weighted by molar-refractivity contribution is -0.141.